The van der Waals surface area contributed by atoms with Crippen molar-refractivity contribution in [3.8, 4) is 0 Å². The predicted molar refractivity (Wildman–Crippen MR) is 45.1 cm³/mol. The van der Waals surface area contributed by atoms with E-state index in [1.807, 2.05) is 0 Å². The maximum atomic E-state index is 13.1. The van der Waals surface area contributed by atoms with Crippen LogP contribution in [-0.2, 0) is 7.05 Å². The monoisotopic (exact) mass is 165 g/mol. The Balaban J connectivity index is 2.97. The van der Waals surface area contributed by atoms with Crippen LogP contribution in [-0.4, -0.2) is 9.55 Å². The van der Waals surface area contributed by atoms with Gasteiger partial charge in [0.25, 0.3) is 0 Å². The normalized spacial score (nSPS) is 10.8. The highest BCUT2D eigenvalue weighted by Gasteiger charge is 2.07. The van der Waals surface area contributed by atoms with Crippen molar-refractivity contribution in [2.24, 2.45) is 7.05 Å². The van der Waals surface area contributed by atoms with Crippen LogP contribution in [0.2, 0.25) is 0 Å². The number of halogens is 1. The number of imidazole rings is 1. The molecule has 1 heterocycles. The van der Waals surface area contributed by atoms with Crippen molar-refractivity contribution in [1.82, 2.24) is 9.55 Å². The molecule has 0 aliphatic heterocycles. The number of nitrogens with two attached hydrogens (primary N) is 1. The minimum atomic E-state index is -0.292. The van der Waals surface area contributed by atoms with Crippen molar-refractivity contribution >= 4 is 17.0 Å². The molecule has 0 saturated heterocycles. The molecule has 3 nitrogen and oxygen atoms in total. The first-order chi connectivity index (χ1) is 5.70. The van der Waals surface area contributed by atoms with Gasteiger partial charge in [0.05, 0.1) is 5.52 Å². The first-order valence-electron chi connectivity index (χ1n) is 3.56. The van der Waals surface area contributed by atoms with Gasteiger partial charge in [-0.3, -0.25) is 0 Å². The molecule has 2 rings (SSSR count). The number of hydrogen-bond acceptors (Lipinski definition) is 2. The third-order valence-corrected chi connectivity index (χ3v) is 1.88. The standard InChI is InChI=1S/C8H8FN3/c1-12-7-5(9)3-2-4-6(7)11-8(12)10/h2-4H,1H3,(H2,10,11). The van der Waals surface area contributed by atoms with E-state index in [1.165, 1.54) is 10.6 Å². The number of aryl methyl sites for hydroxylation is 1. The van der Waals surface area contributed by atoms with Crippen LogP contribution in [0.5, 0.6) is 0 Å². The van der Waals surface area contributed by atoms with Crippen molar-refractivity contribution in [3.05, 3.63) is 24.0 Å². The van der Waals surface area contributed by atoms with E-state index >= 15 is 0 Å². The van der Waals surface area contributed by atoms with E-state index < -0.39 is 0 Å². The minimum absolute atomic E-state index is 0.292. The molecular weight excluding hydrogens is 157 g/mol. The molecule has 0 spiro atoms. The fourth-order valence-corrected chi connectivity index (χ4v) is 1.24. The van der Waals surface area contributed by atoms with Crippen molar-refractivity contribution in [2.45, 2.75) is 0 Å². The number of aromatic nitrogens is 2. The Morgan fingerprint density at radius 2 is 2.25 bits per heavy atom. The molecule has 2 aromatic rings. The third-order valence-electron chi connectivity index (χ3n) is 1.88. The molecule has 0 unspecified atom stereocenters. The van der Waals surface area contributed by atoms with Gasteiger partial charge in [-0.15, -0.1) is 0 Å². The Hall–Kier alpha value is -1.58. The average molecular weight is 165 g/mol. The van der Waals surface area contributed by atoms with Crippen LogP contribution < -0.4 is 5.73 Å². The summed E-state index contributed by atoms with van der Waals surface area (Å²) in [6, 6.07) is 4.74. The number of rotatable bonds is 0. The zero-order chi connectivity index (χ0) is 8.72. The van der Waals surface area contributed by atoms with Crippen LogP contribution in [0.1, 0.15) is 0 Å². The van der Waals surface area contributed by atoms with Gasteiger partial charge in [0, 0.05) is 7.05 Å². The zero-order valence-electron chi connectivity index (χ0n) is 6.58. The summed E-state index contributed by atoms with van der Waals surface area (Å²) in [7, 11) is 1.69. The Labute approximate surface area is 68.6 Å². The molecule has 0 aliphatic rings. The first kappa shape index (κ1) is 7.09. The molecular formula is C8H8FN3. The number of benzene rings is 1. The lowest BCUT2D eigenvalue weighted by Gasteiger charge is -1.96. The molecule has 1 aromatic heterocycles. The van der Waals surface area contributed by atoms with E-state index in [1.54, 1.807) is 19.2 Å². The summed E-state index contributed by atoms with van der Waals surface area (Å²) in [5.74, 6) is 0.0364. The topological polar surface area (TPSA) is 43.8 Å². The van der Waals surface area contributed by atoms with E-state index in [2.05, 4.69) is 4.98 Å². The number of anilines is 1. The Morgan fingerprint density at radius 1 is 1.50 bits per heavy atom. The van der Waals surface area contributed by atoms with Crippen LogP contribution in [0.3, 0.4) is 0 Å². The van der Waals surface area contributed by atoms with Crippen molar-refractivity contribution in [1.29, 1.82) is 0 Å². The largest absolute Gasteiger partial charge is 0.369 e. The number of fused-ring (bicyclic) bond motifs is 1. The van der Waals surface area contributed by atoms with Gasteiger partial charge in [-0.05, 0) is 12.1 Å². The van der Waals surface area contributed by atoms with E-state index in [9.17, 15) is 4.39 Å². The molecule has 0 bridgehead atoms. The Kier molecular flexibility index (Phi) is 1.30. The maximum absolute atomic E-state index is 13.1. The molecule has 0 atom stereocenters. The molecule has 0 aliphatic carbocycles. The summed E-state index contributed by atoms with van der Waals surface area (Å²) >= 11 is 0. The summed E-state index contributed by atoms with van der Waals surface area (Å²) in [6.07, 6.45) is 0. The molecule has 2 N–H and O–H groups in total. The molecule has 12 heavy (non-hydrogen) atoms. The molecule has 62 valence electrons. The van der Waals surface area contributed by atoms with Gasteiger partial charge in [-0.25, -0.2) is 9.37 Å². The number of hydrogen-bond donors (Lipinski definition) is 1. The lowest BCUT2D eigenvalue weighted by atomic mass is 10.3. The summed E-state index contributed by atoms with van der Waals surface area (Å²) in [4.78, 5) is 3.97. The van der Waals surface area contributed by atoms with E-state index in [-0.39, 0.29) is 5.82 Å². The molecule has 1 aromatic carbocycles. The van der Waals surface area contributed by atoms with Gasteiger partial charge < -0.3 is 10.3 Å². The number of para-hydroxylation sites is 1. The fourth-order valence-electron chi connectivity index (χ4n) is 1.24. The summed E-state index contributed by atoms with van der Waals surface area (Å²) in [6.45, 7) is 0. The highest BCUT2D eigenvalue weighted by Crippen LogP contribution is 2.18. The average Bonchev–Trinajstić information content (AvgIpc) is 2.29. The molecule has 0 radical (unpaired) electrons. The first-order valence-corrected chi connectivity index (χ1v) is 3.56. The van der Waals surface area contributed by atoms with Crippen LogP contribution in [0, 0.1) is 5.82 Å². The second kappa shape index (κ2) is 2.20. The van der Waals surface area contributed by atoms with Gasteiger partial charge in [-0.1, -0.05) is 6.07 Å². The third kappa shape index (κ3) is 0.777. The van der Waals surface area contributed by atoms with E-state index in [0.29, 0.717) is 17.0 Å². The molecule has 4 heteroatoms. The van der Waals surface area contributed by atoms with Gasteiger partial charge in [0.1, 0.15) is 11.3 Å². The highest BCUT2D eigenvalue weighted by molar-refractivity contribution is 5.78. The minimum Gasteiger partial charge on any atom is -0.369 e. The smallest absolute Gasteiger partial charge is 0.201 e. The highest BCUT2D eigenvalue weighted by atomic mass is 19.1. The zero-order valence-corrected chi connectivity index (χ0v) is 6.58. The van der Waals surface area contributed by atoms with Crippen LogP contribution in [0.25, 0.3) is 11.0 Å². The number of nitrogens with zero attached hydrogens (tertiary/aromatic N) is 2. The van der Waals surface area contributed by atoms with E-state index in [0.717, 1.165) is 0 Å². The van der Waals surface area contributed by atoms with E-state index in [4.69, 9.17) is 5.73 Å². The van der Waals surface area contributed by atoms with Gasteiger partial charge in [0.15, 0.2) is 0 Å². The van der Waals surface area contributed by atoms with Crippen LogP contribution >= 0.6 is 0 Å². The van der Waals surface area contributed by atoms with Gasteiger partial charge in [0.2, 0.25) is 5.95 Å². The van der Waals surface area contributed by atoms with Gasteiger partial charge >= 0.3 is 0 Å². The lowest BCUT2D eigenvalue weighted by molar-refractivity contribution is 0.632. The van der Waals surface area contributed by atoms with Crippen molar-refractivity contribution in [3.63, 3.8) is 0 Å². The SMILES string of the molecule is Cn1c(N)nc2cccc(F)c21. The van der Waals surface area contributed by atoms with Crippen molar-refractivity contribution in [2.75, 3.05) is 5.73 Å². The quantitative estimate of drug-likeness (QED) is 0.639. The predicted octanol–water partition coefficient (Wildman–Crippen LogP) is 1.29. The molecule has 0 amide bonds. The Morgan fingerprint density at radius 3 is 2.92 bits per heavy atom. The van der Waals surface area contributed by atoms with Crippen molar-refractivity contribution < 1.29 is 4.39 Å². The summed E-state index contributed by atoms with van der Waals surface area (Å²) in [5, 5.41) is 0. The second-order valence-electron chi connectivity index (χ2n) is 2.64. The van der Waals surface area contributed by atoms with Crippen LogP contribution in [0.15, 0.2) is 18.2 Å². The molecule has 0 fully saturated rings. The Bertz CT molecular complexity index is 433. The number of nitrogen functional groups attached to an aromatic ring is 1. The van der Waals surface area contributed by atoms with Crippen LogP contribution in [0.4, 0.5) is 10.3 Å². The molecule has 0 saturated carbocycles. The summed E-state index contributed by atoms with van der Waals surface area (Å²) < 4.78 is 14.7. The fraction of sp³-hybridized carbons (Fsp3) is 0.125. The lowest BCUT2D eigenvalue weighted by Crippen LogP contribution is -1.97. The second-order valence-corrected chi connectivity index (χ2v) is 2.64. The summed E-state index contributed by atoms with van der Waals surface area (Å²) in [5.41, 5.74) is 6.55. The maximum Gasteiger partial charge on any atom is 0.201 e. The van der Waals surface area contributed by atoms with Gasteiger partial charge in [-0.2, -0.15) is 0 Å².